The van der Waals surface area contributed by atoms with Gasteiger partial charge in [0.2, 0.25) is 0 Å². The fraction of sp³-hybridized carbons (Fsp3) is 0.769. The van der Waals surface area contributed by atoms with E-state index in [0.29, 0.717) is 17.7 Å². The highest BCUT2D eigenvalue weighted by Gasteiger charge is 2.42. The van der Waals surface area contributed by atoms with Crippen LogP contribution in [-0.4, -0.2) is 53.2 Å². The zero-order chi connectivity index (χ0) is 14.4. The zero-order valence-electron chi connectivity index (χ0n) is 11.5. The molecule has 1 N–H and O–H groups in total. The molecule has 0 aliphatic carbocycles. The number of aromatic nitrogens is 2. The lowest BCUT2D eigenvalue weighted by Gasteiger charge is -2.23. The number of hydrogen-bond donors (Lipinski definition) is 1. The van der Waals surface area contributed by atoms with Crippen molar-refractivity contribution in [2.24, 2.45) is 5.41 Å². The summed E-state index contributed by atoms with van der Waals surface area (Å²) in [5, 5.41) is 5.85. The van der Waals surface area contributed by atoms with Crippen molar-refractivity contribution in [3.8, 4) is 0 Å². The smallest absolute Gasteiger partial charge is 0.306 e. The van der Waals surface area contributed by atoms with Gasteiger partial charge in [-0.2, -0.15) is 18.3 Å². The number of aromatic amines is 1. The Kier molecular flexibility index (Phi) is 3.29. The van der Waals surface area contributed by atoms with Crippen LogP contribution in [0.1, 0.15) is 24.2 Å². The Labute approximate surface area is 115 Å². The first-order valence-corrected chi connectivity index (χ1v) is 6.89. The monoisotopic (exact) mass is 288 g/mol. The van der Waals surface area contributed by atoms with Gasteiger partial charge in [0.1, 0.15) is 0 Å². The van der Waals surface area contributed by atoms with E-state index < -0.39 is 11.9 Å². The molecule has 2 aliphatic heterocycles. The molecule has 0 saturated carbocycles. The summed E-state index contributed by atoms with van der Waals surface area (Å²) in [6.45, 7) is 4.66. The Hall–Kier alpha value is -1.08. The second-order valence-electron chi connectivity index (χ2n) is 6.22. The third-order valence-corrected chi connectivity index (χ3v) is 4.46. The van der Waals surface area contributed by atoms with Crippen LogP contribution in [0.2, 0.25) is 0 Å². The SMILES string of the molecule is CN1CCC2(CCN(Cc3cc(C(F)(F)F)n[nH]3)C2)C1. The number of rotatable bonds is 2. The van der Waals surface area contributed by atoms with Crippen molar-refractivity contribution in [2.45, 2.75) is 25.6 Å². The molecular formula is C13H19F3N4. The molecule has 2 saturated heterocycles. The topological polar surface area (TPSA) is 35.2 Å². The van der Waals surface area contributed by atoms with Gasteiger partial charge in [-0.15, -0.1) is 0 Å². The van der Waals surface area contributed by atoms with Gasteiger partial charge in [-0.1, -0.05) is 0 Å². The van der Waals surface area contributed by atoms with Crippen molar-refractivity contribution < 1.29 is 13.2 Å². The maximum Gasteiger partial charge on any atom is 0.435 e. The average molecular weight is 288 g/mol. The summed E-state index contributed by atoms with van der Waals surface area (Å²) in [4.78, 5) is 4.56. The maximum atomic E-state index is 12.5. The Morgan fingerprint density at radius 2 is 2.05 bits per heavy atom. The van der Waals surface area contributed by atoms with Crippen LogP contribution in [0.3, 0.4) is 0 Å². The first kappa shape index (κ1) is 13.9. The molecule has 7 heteroatoms. The summed E-state index contributed by atoms with van der Waals surface area (Å²) < 4.78 is 37.5. The standard InChI is InChI=1S/C13H19F3N4/c1-19-4-2-12(8-19)3-5-20(9-12)7-10-6-11(18-17-10)13(14,15)16/h6H,2-5,7-9H2,1H3,(H,17,18). The van der Waals surface area contributed by atoms with Crippen molar-refractivity contribution >= 4 is 0 Å². The van der Waals surface area contributed by atoms with Crippen LogP contribution in [-0.2, 0) is 12.7 Å². The van der Waals surface area contributed by atoms with Crippen molar-refractivity contribution in [3.05, 3.63) is 17.5 Å². The predicted octanol–water partition coefficient (Wildman–Crippen LogP) is 1.96. The number of nitrogens with zero attached hydrogens (tertiary/aromatic N) is 3. The van der Waals surface area contributed by atoms with Crippen LogP contribution >= 0.6 is 0 Å². The minimum atomic E-state index is -4.37. The molecule has 1 aromatic heterocycles. The highest BCUT2D eigenvalue weighted by molar-refractivity contribution is 5.12. The molecule has 112 valence electrons. The van der Waals surface area contributed by atoms with Gasteiger partial charge < -0.3 is 4.90 Å². The van der Waals surface area contributed by atoms with Crippen LogP contribution in [0, 0.1) is 5.41 Å². The van der Waals surface area contributed by atoms with E-state index in [1.165, 1.54) is 6.42 Å². The molecule has 3 heterocycles. The highest BCUT2D eigenvalue weighted by atomic mass is 19.4. The van der Waals surface area contributed by atoms with E-state index >= 15 is 0 Å². The summed E-state index contributed by atoms with van der Waals surface area (Å²) in [5.74, 6) is 0. The molecule has 1 aromatic rings. The lowest BCUT2D eigenvalue weighted by Crippen LogP contribution is -2.29. The first-order chi connectivity index (χ1) is 9.36. The molecule has 0 bridgehead atoms. The summed E-state index contributed by atoms with van der Waals surface area (Å²) in [5.41, 5.74) is 0.0597. The largest absolute Gasteiger partial charge is 0.435 e. The molecule has 2 aliphatic rings. The van der Waals surface area contributed by atoms with Crippen LogP contribution in [0.4, 0.5) is 13.2 Å². The number of hydrogen-bond acceptors (Lipinski definition) is 3. The number of H-pyrrole nitrogens is 1. The Morgan fingerprint density at radius 3 is 2.65 bits per heavy atom. The van der Waals surface area contributed by atoms with E-state index in [4.69, 9.17) is 0 Å². The Balaban J connectivity index is 1.61. The van der Waals surface area contributed by atoms with Crippen molar-refractivity contribution in [1.82, 2.24) is 20.0 Å². The number of halogens is 3. The van der Waals surface area contributed by atoms with Crippen molar-refractivity contribution in [1.29, 1.82) is 0 Å². The highest BCUT2D eigenvalue weighted by Crippen LogP contribution is 2.39. The zero-order valence-corrected chi connectivity index (χ0v) is 11.5. The number of nitrogens with one attached hydrogen (secondary N) is 1. The molecule has 2 fully saturated rings. The lowest BCUT2D eigenvalue weighted by molar-refractivity contribution is -0.141. The minimum Gasteiger partial charge on any atom is -0.306 e. The van der Waals surface area contributed by atoms with Gasteiger partial charge in [0, 0.05) is 25.3 Å². The fourth-order valence-corrected chi connectivity index (χ4v) is 3.48. The number of likely N-dealkylation sites (tertiary alicyclic amines) is 2. The van der Waals surface area contributed by atoms with Gasteiger partial charge in [-0.3, -0.25) is 10.00 Å². The van der Waals surface area contributed by atoms with Gasteiger partial charge in [-0.25, -0.2) is 0 Å². The van der Waals surface area contributed by atoms with E-state index in [9.17, 15) is 13.2 Å². The molecule has 3 rings (SSSR count). The van der Waals surface area contributed by atoms with Crippen LogP contribution < -0.4 is 0 Å². The van der Waals surface area contributed by atoms with E-state index in [2.05, 4.69) is 27.0 Å². The second-order valence-corrected chi connectivity index (χ2v) is 6.22. The lowest BCUT2D eigenvalue weighted by atomic mass is 9.86. The van der Waals surface area contributed by atoms with Gasteiger partial charge in [-0.05, 0) is 44.5 Å². The predicted molar refractivity (Wildman–Crippen MR) is 68.0 cm³/mol. The molecule has 1 unspecified atom stereocenters. The van der Waals surface area contributed by atoms with Crippen LogP contribution in [0.25, 0.3) is 0 Å². The normalized spacial score (nSPS) is 28.8. The van der Waals surface area contributed by atoms with E-state index in [1.807, 2.05) is 0 Å². The third-order valence-electron chi connectivity index (χ3n) is 4.46. The first-order valence-electron chi connectivity index (χ1n) is 6.89. The second kappa shape index (κ2) is 4.73. The summed E-state index contributed by atoms with van der Waals surface area (Å²) >= 11 is 0. The van der Waals surface area contributed by atoms with Crippen LogP contribution in [0.5, 0.6) is 0 Å². The van der Waals surface area contributed by atoms with E-state index in [0.717, 1.165) is 38.7 Å². The third kappa shape index (κ3) is 2.69. The van der Waals surface area contributed by atoms with Gasteiger partial charge in [0.05, 0.1) is 0 Å². The van der Waals surface area contributed by atoms with Crippen molar-refractivity contribution in [2.75, 3.05) is 33.2 Å². The molecule has 0 aromatic carbocycles. The quantitative estimate of drug-likeness (QED) is 0.903. The van der Waals surface area contributed by atoms with Gasteiger partial charge in [0.15, 0.2) is 5.69 Å². The minimum absolute atomic E-state index is 0.349. The Morgan fingerprint density at radius 1 is 1.30 bits per heavy atom. The number of alkyl halides is 3. The molecule has 0 amide bonds. The maximum absolute atomic E-state index is 12.5. The van der Waals surface area contributed by atoms with Crippen LogP contribution in [0.15, 0.2) is 6.07 Å². The van der Waals surface area contributed by atoms with E-state index in [-0.39, 0.29) is 0 Å². The summed E-state index contributed by atoms with van der Waals surface area (Å²) in [7, 11) is 2.13. The van der Waals surface area contributed by atoms with Crippen molar-refractivity contribution in [3.63, 3.8) is 0 Å². The molecule has 20 heavy (non-hydrogen) atoms. The van der Waals surface area contributed by atoms with Gasteiger partial charge in [0.25, 0.3) is 0 Å². The molecular weight excluding hydrogens is 269 g/mol. The fourth-order valence-electron chi connectivity index (χ4n) is 3.48. The molecule has 1 spiro atoms. The summed E-state index contributed by atoms with van der Waals surface area (Å²) in [6, 6.07) is 1.12. The molecule has 4 nitrogen and oxygen atoms in total. The Bertz CT molecular complexity index is 484. The van der Waals surface area contributed by atoms with E-state index in [1.54, 1.807) is 0 Å². The molecule has 1 atom stereocenters. The molecule has 0 radical (unpaired) electrons. The van der Waals surface area contributed by atoms with Gasteiger partial charge >= 0.3 is 6.18 Å². The average Bonchev–Trinajstić information content (AvgIpc) is 3.02. The summed E-state index contributed by atoms with van der Waals surface area (Å²) in [6.07, 6.45) is -2.04.